The number of fused-ring (bicyclic) bond motifs is 1. The van der Waals surface area contributed by atoms with Crippen LogP contribution in [-0.2, 0) is 4.79 Å². The summed E-state index contributed by atoms with van der Waals surface area (Å²) in [5.41, 5.74) is 2.23. The zero-order valence-electron chi connectivity index (χ0n) is 15.5. The molecule has 1 aromatic carbocycles. The van der Waals surface area contributed by atoms with Crippen LogP contribution < -0.4 is 4.90 Å². The van der Waals surface area contributed by atoms with E-state index in [0.717, 1.165) is 56.5 Å². The van der Waals surface area contributed by atoms with E-state index >= 15 is 0 Å². The summed E-state index contributed by atoms with van der Waals surface area (Å²) in [6.07, 6.45) is 7.52. The Labute approximate surface area is 154 Å². The maximum atomic E-state index is 12.1. The van der Waals surface area contributed by atoms with E-state index in [2.05, 4.69) is 38.0 Å². The molecule has 2 aliphatic heterocycles. The molecular formula is C20H27N5O. The highest BCUT2D eigenvalue weighted by atomic mass is 16.2. The average molecular weight is 353 g/mol. The van der Waals surface area contributed by atoms with Crippen LogP contribution >= 0.6 is 0 Å². The molecule has 2 fully saturated rings. The Morgan fingerprint density at radius 2 is 2.00 bits per heavy atom. The molecule has 2 aliphatic rings. The van der Waals surface area contributed by atoms with Gasteiger partial charge in [0.05, 0.1) is 5.52 Å². The van der Waals surface area contributed by atoms with Gasteiger partial charge in [0.25, 0.3) is 0 Å². The molecular weight excluding hydrogens is 326 g/mol. The average Bonchev–Trinajstić information content (AvgIpc) is 2.84. The fourth-order valence-corrected chi connectivity index (χ4v) is 4.10. The van der Waals surface area contributed by atoms with Crippen molar-refractivity contribution in [2.24, 2.45) is 0 Å². The molecule has 2 aromatic rings. The third-order valence-corrected chi connectivity index (χ3v) is 5.81. The lowest BCUT2D eigenvalue weighted by Gasteiger charge is -2.39. The Bertz CT molecular complexity index is 772. The minimum Gasteiger partial charge on any atom is -0.369 e. The minimum atomic E-state index is 0.310. The number of piperazine rings is 1. The quantitative estimate of drug-likeness (QED) is 0.846. The van der Waals surface area contributed by atoms with Gasteiger partial charge in [0.1, 0.15) is 6.33 Å². The summed E-state index contributed by atoms with van der Waals surface area (Å²) < 4.78 is 0. The molecule has 3 heterocycles. The molecule has 0 bridgehead atoms. The summed E-state index contributed by atoms with van der Waals surface area (Å²) in [4.78, 5) is 27.5. The second-order valence-corrected chi connectivity index (χ2v) is 7.46. The molecule has 2 saturated heterocycles. The maximum absolute atomic E-state index is 12.1. The van der Waals surface area contributed by atoms with E-state index in [9.17, 15) is 4.79 Å². The fourth-order valence-electron chi connectivity index (χ4n) is 4.10. The van der Waals surface area contributed by atoms with Gasteiger partial charge in [-0.05, 0) is 31.0 Å². The van der Waals surface area contributed by atoms with Crippen molar-refractivity contribution in [2.45, 2.75) is 31.7 Å². The molecule has 138 valence electrons. The largest absolute Gasteiger partial charge is 0.369 e. The topological polar surface area (TPSA) is 52.6 Å². The normalized spacial score (nSPS) is 22.7. The van der Waals surface area contributed by atoms with Crippen LogP contribution in [0.25, 0.3) is 10.9 Å². The number of hydrogen-bond donors (Lipinski definition) is 0. The number of nitrogens with zero attached hydrogens (tertiary/aromatic N) is 5. The van der Waals surface area contributed by atoms with Crippen molar-refractivity contribution in [3.8, 4) is 0 Å². The van der Waals surface area contributed by atoms with E-state index in [0.29, 0.717) is 18.4 Å². The summed E-state index contributed by atoms with van der Waals surface area (Å²) in [5, 5.41) is 1.09. The molecule has 6 nitrogen and oxygen atoms in total. The molecule has 26 heavy (non-hydrogen) atoms. The molecule has 0 aliphatic carbocycles. The summed E-state index contributed by atoms with van der Waals surface area (Å²) in [6, 6.07) is 6.78. The first-order valence-corrected chi connectivity index (χ1v) is 9.63. The third kappa shape index (κ3) is 3.65. The zero-order chi connectivity index (χ0) is 17.9. The van der Waals surface area contributed by atoms with Crippen LogP contribution in [0, 0.1) is 0 Å². The van der Waals surface area contributed by atoms with Crippen LogP contribution in [0.3, 0.4) is 0 Å². The van der Waals surface area contributed by atoms with Crippen molar-refractivity contribution in [3.63, 3.8) is 0 Å². The van der Waals surface area contributed by atoms with Gasteiger partial charge >= 0.3 is 0 Å². The number of rotatable bonds is 3. The van der Waals surface area contributed by atoms with Crippen molar-refractivity contribution >= 4 is 22.5 Å². The molecule has 1 atom stereocenters. The van der Waals surface area contributed by atoms with Gasteiger partial charge in [-0.15, -0.1) is 0 Å². The Morgan fingerprint density at radius 3 is 2.85 bits per heavy atom. The number of likely N-dealkylation sites (tertiary alicyclic amines) is 1. The van der Waals surface area contributed by atoms with E-state index in [1.54, 1.807) is 6.33 Å². The highest BCUT2D eigenvalue weighted by Crippen LogP contribution is 2.22. The van der Waals surface area contributed by atoms with Crippen LogP contribution in [0.4, 0.5) is 5.69 Å². The number of anilines is 1. The Kier molecular flexibility index (Phi) is 5.02. The zero-order valence-corrected chi connectivity index (χ0v) is 15.5. The monoisotopic (exact) mass is 353 g/mol. The van der Waals surface area contributed by atoms with Gasteiger partial charge < -0.3 is 9.80 Å². The van der Waals surface area contributed by atoms with E-state index in [4.69, 9.17) is 0 Å². The third-order valence-electron chi connectivity index (χ3n) is 5.81. The van der Waals surface area contributed by atoms with Crippen LogP contribution in [0.15, 0.2) is 30.7 Å². The Balaban J connectivity index is 1.36. The number of carbonyl (C=O) groups is 1. The van der Waals surface area contributed by atoms with Gasteiger partial charge in [0.2, 0.25) is 5.91 Å². The molecule has 4 rings (SSSR count). The Morgan fingerprint density at radius 1 is 1.15 bits per heavy atom. The smallest absolute Gasteiger partial charge is 0.222 e. The fraction of sp³-hybridized carbons (Fsp3) is 0.550. The molecule has 1 unspecified atom stereocenters. The van der Waals surface area contributed by atoms with Crippen LogP contribution in [0.1, 0.15) is 25.7 Å². The van der Waals surface area contributed by atoms with Gasteiger partial charge in [-0.3, -0.25) is 9.69 Å². The van der Waals surface area contributed by atoms with Crippen LogP contribution in [0.5, 0.6) is 0 Å². The van der Waals surface area contributed by atoms with Gasteiger partial charge in [-0.25, -0.2) is 9.97 Å². The lowest BCUT2D eigenvalue weighted by atomic mass is 10.1. The van der Waals surface area contributed by atoms with Crippen LogP contribution in [-0.4, -0.2) is 71.5 Å². The number of likely N-dealkylation sites (N-methyl/N-ethyl adjacent to an activating group) is 1. The summed E-state index contributed by atoms with van der Waals surface area (Å²) in [5.74, 6) is 0.310. The second-order valence-electron chi connectivity index (χ2n) is 7.46. The SMILES string of the molecule is CN1C(=O)CCCCC1CN1CCN(c2ccc3ncncc3c2)CC1. The maximum Gasteiger partial charge on any atom is 0.222 e. The number of carbonyl (C=O) groups excluding carboxylic acids is 1. The molecule has 0 spiro atoms. The molecule has 0 N–H and O–H groups in total. The number of aromatic nitrogens is 2. The summed E-state index contributed by atoms with van der Waals surface area (Å²) in [6.45, 7) is 5.12. The first kappa shape index (κ1) is 17.2. The van der Waals surface area contributed by atoms with Gasteiger partial charge in [0.15, 0.2) is 0 Å². The standard InChI is InChI=1S/C20H27N5O/c1-23-18(4-2-3-5-20(23)26)14-24-8-10-25(11-9-24)17-6-7-19-16(12-17)13-21-15-22-19/h6-7,12-13,15,18H,2-5,8-11,14H2,1H3. The van der Waals surface area contributed by atoms with E-state index in [1.807, 2.05) is 18.1 Å². The number of hydrogen-bond acceptors (Lipinski definition) is 5. The van der Waals surface area contributed by atoms with Crippen molar-refractivity contribution < 1.29 is 4.79 Å². The number of benzene rings is 1. The van der Waals surface area contributed by atoms with E-state index in [1.165, 1.54) is 12.1 Å². The van der Waals surface area contributed by atoms with Crippen molar-refractivity contribution in [2.75, 3.05) is 44.7 Å². The van der Waals surface area contributed by atoms with E-state index < -0.39 is 0 Å². The molecule has 0 radical (unpaired) electrons. The first-order valence-electron chi connectivity index (χ1n) is 9.63. The predicted molar refractivity (Wildman–Crippen MR) is 103 cm³/mol. The Hall–Kier alpha value is -2.21. The molecule has 6 heteroatoms. The van der Waals surface area contributed by atoms with Gasteiger partial charge in [0, 0.05) is 69.5 Å². The second kappa shape index (κ2) is 7.58. The predicted octanol–water partition coefficient (Wildman–Crippen LogP) is 2.15. The highest BCUT2D eigenvalue weighted by Gasteiger charge is 2.26. The van der Waals surface area contributed by atoms with Crippen molar-refractivity contribution in [1.29, 1.82) is 0 Å². The van der Waals surface area contributed by atoms with Crippen molar-refractivity contribution in [3.05, 3.63) is 30.7 Å². The summed E-state index contributed by atoms with van der Waals surface area (Å²) in [7, 11) is 1.98. The lowest BCUT2D eigenvalue weighted by Crippen LogP contribution is -2.51. The number of amides is 1. The highest BCUT2D eigenvalue weighted by molar-refractivity contribution is 5.81. The first-order chi connectivity index (χ1) is 12.7. The lowest BCUT2D eigenvalue weighted by molar-refractivity contribution is -0.131. The van der Waals surface area contributed by atoms with Gasteiger partial charge in [-0.2, -0.15) is 0 Å². The minimum absolute atomic E-state index is 0.310. The molecule has 1 amide bonds. The summed E-state index contributed by atoms with van der Waals surface area (Å²) >= 11 is 0. The molecule has 0 saturated carbocycles. The van der Waals surface area contributed by atoms with Gasteiger partial charge in [-0.1, -0.05) is 6.42 Å². The van der Waals surface area contributed by atoms with E-state index in [-0.39, 0.29) is 0 Å². The van der Waals surface area contributed by atoms with Crippen molar-refractivity contribution in [1.82, 2.24) is 19.8 Å². The van der Waals surface area contributed by atoms with Crippen LogP contribution in [0.2, 0.25) is 0 Å². The molecule has 1 aromatic heterocycles.